The molecule has 5 aromatic rings. The van der Waals surface area contributed by atoms with Crippen LogP contribution in [0.4, 0.5) is 5.82 Å². The molecule has 0 atom stereocenters. The van der Waals surface area contributed by atoms with Crippen molar-refractivity contribution in [2.24, 2.45) is 0 Å². The topological polar surface area (TPSA) is 112 Å². The fourth-order valence-corrected chi connectivity index (χ4v) is 4.90. The molecule has 0 amide bonds. The van der Waals surface area contributed by atoms with E-state index in [0.717, 1.165) is 11.1 Å². The quantitative estimate of drug-likeness (QED) is 0.252. The molecule has 0 radical (unpaired) electrons. The van der Waals surface area contributed by atoms with E-state index in [9.17, 15) is 18.3 Å². The van der Waals surface area contributed by atoms with Crippen LogP contribution in [-0.2, 0) is 14.8 Å². The average molecular weight is 496 g/mol. The van der Waals surface area contributed by atoms with Crippen molar-refractivity contribution in [3.05, 3.63) is 114 Å². The predicted molar refractivity (Wildman–Crippen MR) is 141 cm³/mol. The smallest absolute Gasteiger partial charge is 0.336 e. The van der Waals surface area contributed by atoms with Crippen molar-refractivity contribution in [3.8, 4) is 11.1 Å². The van der Waals surface area contributed by atoms with Gasteiger partial charge in [-0.25, -0.2) is 18.2 Å². The summed E-state index contributed by atoms with van der Waals surface area (Å²) in [7, 11) is -3.86. The van der Waals surface area contributed by atoms with E-state index < -0.39 is 16.0 Å². The lowest BCUT2D eigenvalue weighted by atomic mass is 10.0. The number of carbonyl (C=O) groups is 1. The zero-order chi connectivity index (χ0) is 25.1. The van der Waals surface area contributed by atoms with E-state index in [-0.39, 0.29) is 16.3 Å². The Morgan fingerprint density at radius 2 is 1.47 bits per heavy atom. The molecule has 0 aliphatic carbocycles. The lowest BCUT2D eigenvalue weighted by Gasteiger charge is -2.09. The number of benzene rings is 3. The monoisotopic (exact) mass is 495 g/mol. The summed E-state index contributed by atoms with van der Waals surface area (Å²) in [5, 5.41) is 10.4. The first-order valence-corrected chi connectivity index (χ1v) is 12.6. The number of nitrogens with one attached hydrogen (secondary N) is 2. The van der Waals surface area contributed by atoms with Gasteiger partial charge >= 0.3 is 5.97 Å². The van der Waals surface area contributed by atoms with Gasteiger partial charge in [-0.05, 0) is 47.0 Å². The predicted octanol–water partition coefficient (Wildman–Crippen LogP) is 5.66. The van der Waals surface area contributed by atoms with Gasteiger partial charge in [0.2, 0.25) is 0 Å². The Morgan fingerprint density at radius 1 is 0.833 bits per heavy atom. The molecule has 0 spiro atoms. The van der Waals surface area contributed by atoms with Crippen LogP contribution in [0.2, 0.25) is 0 Å². The Hall–Kier alpha value is -4.69. The molecule has 3 N–H and O–H groups in total. The summed E-state index contributed by atoms with van der Waals surface area (Å²) in [6, 6.07) is 28.4. The Bertz CT molecular complexity index is 1680. The van der Waals surface area contributed by atoms with E-state index >= 15 is 0 Å². The third kappa shape index (κ3) is 4.75. The third-order valence-electron chi connectivity index (χ3n) is 5.70. The van der Waals surface area contributed by atoms with Crippen molar-refractivity contribution < 1.29 is 18.3 Å². The van der Waals surface area contributed by atoms with Gasteiger partial charge in [0.05, 0.1) is 10.5 Å². The standard InChI is InChI=1S/C28H21N3O4S/c32-28(33)25(21-9-5-2-6-10-21)17-22-18-29-27-24(22)15-16-26(30-27)31-36(34,35)23-13-11-20(12-14-23)19-7-3-1-4-8-19/h1-18H,(H,32,33)(H2,29,30,31)/b25-17+. The molecular weight excluding hydrogens is 474 g/mol. The number of carboxylic acid groups (broad SMARTS) is 1. The van der Waals surface area contributed by atoms with E-state index in [1.807, 2.05) is 36.4 Å². The van der Waals surface area contributed by atoms with Gasteiger partial charge in [-0.3, -0.25) is 4.72 Å². The van der Waals surface area contributed by atoms with Crippen LogP contribution >= 0.6 is 0 Å². The van der Waals surface area contributed by atoms with Crippen molar-refractivity contribution in [1.82, 2.24) is 9.97 Å². The molecule has 0 aliphatic heterocycles. The summed E-state index contributed by atoms with van der Waals surface area (Å²) in [6.07, 6.45) is 3.21. The summed E-state index contributed by atoms with van der Waals surface area (Å²) < 4.78 is 28.4. The first kappa shape index (κ1) is 23.1. The van der Waals surface area contributed by atoms with Gasteiger partial charge in [-0.1, -0.05) is 72.8 Å². The number of pyridine rings is 1. The molecule has 3 aromatic carbocycles. The molecule has 5 rings (SSSR count). The summed E-state index contributed by atoms with van der Waals surface area (Å²) >= 11 is 0. The van der Waals surface area contributed by atoms with Crippen molar-refractivity contribution in [2.45, 2.75) is 4.90 Å². The molecule has 2 heterocycles. The maximum Gasteiger partial charge on any atom is 0.336 e. The SMILES string of the molecule is O=C(O)/C(=C/c1c[nH]c2nc(NS(=O)(=O)c3ccc(-c4ccccc4)cc3)ccc12)c1ccccc1. The van der Waals surface area contributed by atoms with Gasteiger partial charge in [0, 0.05) is 17.1 Å². The number of H-pyrrole nitrogens is 1. The van der Waals surface area contributed by atoms with Crippen LogP contribution in [0.15, 0.2) is 108 Å². The first-order chi connectivity index (χ1) is 17.4. The van der Waals surface area contributed by atoms with E-state index in [1.165, 1.54) is 0 Å². The maximum atomic E-state index is 12.9. The summed E-state index contributed by atoms with van der Waals surface area (Å²) in [5.74, 6) is -0.903. The fourth-order valence-electron chi connectivity index (χ4n) is 3.90. The molecule has 0 unspecified atom stereocenters. The normalized spacial score (nSPS) is 11.9. The van der Waals surface area contributed by atoms with Crippen molar-refractivity contribution >= 4 is 44.5 Å². The minimum Gasteiger partial charge on any atom is -0.478 e. The zero-order valence-electron chi connectivity index (χ0n) is 18.9. The number of fused-ring (bicyclic) bond motifs is 1. The van der Waals surface area contributed by atoms with Crippen LogP contribution < -0.4 is 4.72 Å². The number of nitrogens with zero attached hydrogens (tertiary/aromatic N) is 1. The van der Waals surface area contributed by atoms with E-state index in [0.29, 0.717) is 22.2 Å². The molecule has 2 aromatic heterocycles. The number of hydrogen-bond acceptors (Lipinski definition) is 4. The van der Waals surface area contributed by atoms with Gasteiger partial charge in [0.15, 0.2) is 0 Å². The van der Waals surface area contributed by atoms with Crippen LogP contribution in [0.1, 0.15) is 11.1 Å². The van der Waals surface area contributed by atoms with Gasteiger partial charge in [-0.15, -0.1) is 0 Å². The Balaban J connectivity index is 1.40. The highest BCUT2D eigenvalue weighted by atomic mass is 32.2. The van der Waals surface area contributed by atoms with E-state index in [1.54, 1.807) is 72.9 Å². The first-order valence-electron chi connectivity index (χ1n) is 11.1. The molecule has 8 heteroatoms. The molecule has 7 nitrogen and oxygen atoms in total. The van der Waals surface area contributed by atoms with Gasteiger partial charge < -0.3 is 10.1 Å². The molecule has 0 bridgehead atoms. The summed E-state index contributed by atoms with van der Waals surface area (Å²) in [5.41, 5.74) is 3.69. The number of aromatic amines is 1. The summed E-state index contributed by atoms with van der Waals surface area (Å²) in [4.78, 5) is 19.3. The highest BCUT2D eigenvalue weighted by Gasteiger charge is 2.17. The largest absolute Gasteiger partial charge is 0.478 e. The number of aromatic nitrogens is 2. The fraction of sp³-hybridized carbons (Fsp3) is 0. The van der Waals surface area contributed by atoms with Crippen LogP contribution in [0.25, 0.3) is 33.8 Å². The maximum absolute atomic E-state index is 12.9. The van der Waals surface area contributed by atoms with Crippen LogP contribution in [0.3, 0.4) is 0 Å². The van der Waals surface area contributed by atoms with Gasteiger partial charge in [0.1, 0.15) is 11.5 Å². The Kier molecular flexibility index (Phi) is 6.10. The molecule has 0 aliphatic rings. The molecule has 0 fully saturated rings. The molecule has 178 valence electrons. The molecular formula is C28H21N3O4S. The van der Waals surface area contributed by atoms with Gasteiger partial charge in [0.25, 0.3) is 10.0 Å². The Labute approximate surface area is 207 Å². The van der Waals surface area contributed by atoms with E-state index in [2.05, 4.69) is 14.7 Å². The minimum absolute atomic E-state index is 0.119. The number of carboxylic acids is 1. The highest BCUT2D eigenvalue weighted by Crippen LogP contribution is 2.26. The zero-order valence-corrected chi connectivity index (χ0v) is 19.7. The van der Waals surface area contributed by atoms with Crippen molar-refractivity contribution in [2.75, 3.05) is 4.72 Å². The second-order valence-corrected chi connectivity index (χ2v) is 9.74. The number of hydrogen-bond donors (Lipinski definition) is 3. The number of rotatable bonds is 7. The van der Waals surface area contributed by atoms with Crippen LogP contribution in [0, 0.1) is 0 Å². The number of anilines is 1. The number of aliphatic carboxylic acids is 1. The second-order valence-electron chi connectivity index (χ2n) is 8.06. The lowest BCUT2D eigenvalue weighted by molar-refractivity contribution is -0.130. The van der Waals surface area contributed by atoms with Gasteiger partial charge in [-0.2, -0.15) is 0 Å². The molecule has 0 saturated carbocycles. The minimum atomic E-state index is -3.86. The van der Waals surface area contributed by atoms with Crippen molar-refractivity contribution in [3.63, 3.8) is 0 Å². The highest BCUT2D eigenvalue weighted by molar-refractivity contribution is 7.92. The number of sulfonamides is 1. The van der Waals surface area contributed by atoms with Crippen molar-refractivity contribution in [1.29, 1.82) is 0 Å². The van der Waals surface area contributed by atoms with Crippen LogP contribution in [-0.4, -0.2) is 29.5 Å². The summed E-state index contributed by atoms with van der Waals surface area (Å²) in [6.45, 7) is 0. The van der Waals surface area contributed by atoms with E-state index in [4.69, 9.17) is 0 Å². The second kappa shape index (κ2) is 9.52. The van der Waals surface area contributed by atoms with Crippen LogP contribution in [0.5, 0.6) is 0 Å². The lowest BCUT2D eigenvalue weighted by Crippen LogP contribution is -2.13. The Morgan fingerprint density at radius 3 is 2.14 bits per heavy atom. The molecule has 36 heavy (non-hydrogen) atoms. The average Bonchev–Trinajstić information content (AvgIpc) is 3.30. The molecule has 0 saturated heterocycles. The third-order valence-corrected chi connectivity index (χ3v) is 7.07.